The summed E-state index contributed by atoms with van der Waals surface area (Å²) in [6.07, 6.45) is 14.1. The molecule has 1 atom stereocenters. The lowest BCUT2D eigenvalue weighted by Gasteiger charge is -2.32. The van der Waals surface area contributed by atoms with Gasteiger partial charge in [0, 0.05) is 17.3 Å². The monoisotopic (exact) mass is 412 g/mol. The van der Waals surface area contributed by atoms with Crippen LogP contribution in [-0.4, -0.2) is 46.1 Å². The third-order valence-corrected chi connectivity index (χ3v) is 7.71. The minimum Gasteiger partial charge on any atom is -0.474 e. The maximum Gasteiger partial charge on any atom is 0.225 e. The lowest BCUT2D eigenvalue weighted by molar-refractivity contribution is 0.108. The molecule has 1 unspecified atom stereocenters. The number of oxazole rings is 1. The van der Waals surface area contributed by atoms with E-state index in [9.17, 15) is 0 Å². The number of fused-ring (bicyclic) bond motifs is 3. The minimum atomic E-state index is 0.257. The lowest BCUT2D eigenvalue weighted by atomic mass is 9.92. The fourth-order valence-corrected chi connectivity index (χ4v) is 6.16. The van der Waals surface area contributed by atoms with Gasteiger partial charge in [0.2, 0.25) is 5.88 Å². The van der Waals surface area contributed by atoms with Crippen molar-refractivity contribution in [3.8, 4) is 5.88 Å². The number of nitrogens with zero attached hydrogens (tertiary/aromatic N) is 4. The summed E-state index contributed by atoms with van der Waals surface area (Å²) in [5, 5.41) is 1.16. The summed E-state index contributed by atoms with van der Waals surface area (Å²) in [4.78, 5) is 18.3. The Hall–Kier alpha value is -1.99. The van der Waals surface area contributed by atoms with Gasteiger partial charge in [-0.2, -0.15) is 0 Å². The van der Waals surface area contributed by atoms with Gasteiger partial charge in [0.1, 0.15) is 23.5 Å². The molecule has 2 aliphatic carbocycles. The third kappa shape index (κ3) is 3.78. The van der Waals surface area contributed by atoms with Crippen LogP contribution in [0.3, 0.4) is 0 Å². The van der Waals surface area contributed by atoms with E-state index in [0.717, 1.165) is 54.1 Å². The molecule has 3 aromatic rings. The standard InChI is InChI=1S/C22H28N4O2S/c1-26(2)15-5-7-16(8-6-15)28-21-20-19-14(4-10-18-23-11-12-27-18)3-9-17(19)29-22(20)25-13-24-21/h11-16H,3-10H2,1-2H3. The molecule has 0 saturated heterocycles. The third-order valence-electron chi connectivity index (χ3n) is 6.54. The molecule has 6 nitrogen and oxygen atoms in total. The van der Waals surface area contributed by atoms with E-state index in [1.165, 1.54) is 29.7 Å². The van der Waals surface area contributed by atoms with Crippen LogP contribution in [0.1, 0.15) is 60.8 Å². The fourth-order valence-electron chi connectivity index (χ4n) is 4.93. The highest BCUT2D eigenvalue weighted by Crippen LogP contribution is 2.47. The molecule has 3 aromatic heterocycles. The Morgan fingerprint density at radius 3 is 2.76 bits per heavy atom. The lowest BCUT2D eigenvalue weighted by Crippen LogP contribution is -2.35. The average molecular weight is 413 g/mol. The van der Waals surface area contributed by atoms with Gasteiger partial charge in [0.05, 0.1) is 11.6 Å². The fraction of sp³-hybridized carbons (Fsp3) is 0.591. The number of aryl methyl sites for hydroxylation is 2. The topological polar surface area (TPSA) is 64.3 Å². The molecule has 1 fully saturated rings. The summed E-state index contributed by atoms with van der Waals surface area (Å²) in [7, 11) is 4.35. The molecule has 29 heavy (non-hydrogen) atoms. The zero-order chi connectivity index (χ0) is 19.8. The van der Waals surface area contributed by atoms with Crippen LogP contribution in [0.25, 0.3) is 10.2 Å². The van der Waals surface area contributed by atoms with E-state index in [4.69, 9.17) is 9.15 Å². The second-order valence-electron chi connectivity index (χ2n) is 8.51. The van der Waals surface area contributed by atoms with Crippen molar-refractivity contribution in [2.75, 3.05) is 14.1 Å². The van der Waals surface area contributed by atoms with Gasteiger partial charge < -0.3 is 14.1 Å². The molecule has 3 heterocycles. The number of rotatable bonds is 6. The summed E-state index contributed by atoms with van der Waals surface area (Å²) >= 11 is 1.82. The highest BCUT2D eigenvalue weighted by molar-refractivity contribution is 7.19. The Morgan fingerprint density at radius 2 is 2.00 bits per heavy atom. The molecule has 0 radical (unpaired) electrons. The van der Waals surface area contributed by atoms with Crippen LogP contribution in [0.4, 0.5) is 0 Å². The molecular formula is C22H28N4O2S. The second kappa shape index (κ2) is 8.03. The van der Waals surface area contributed by atoms with Crippen LogP contribution in [0.15, 0.2) is 23.2 Å². The van der Waals surface area contributed by atoms with E-state index in [0.29, 0.717) is 12.0 Å². The Bertz CT molecular complexity index is 961. The van der Waals surface area contributed by atoms with E-state index >= 15 is 0 Å². The largest absolute Gasteiger partial charge is 0.474 e. The molecule has 0 aromatic carbocycles. The molecule has 0 spiro atoms. The first-order chi connectivity index (χ1) is 14.2. The molecule has 0 N–H and O–H groups in total. The highest BCUT2D eigenvalue weighted by atomic mass is 32.1. The van der Waals surface area contributed by atoms with Crippen LogP contribution in [0, 0.1) is 0 Å². The van der Waals surface area contributed by atoms with Crippen molar-refractivity contribution in [1.29, 1.82) is 0 Å². The minimum absolute atomic E-state index is 0.257. The first kappa shape index (κ1) is 19.0. The summed E-state index contributed by atoms with van der Waals surface area (Å²) < 4.78 is 11.9. The van der Waals surface area contributed by atoms with Crippen molar-refractivity contribution in [3.05, 3.63) is 35.1 Å². The Kier molecular flexibility index (Phi) is 5.26. The molecular weight excluding hydrogens is 384 g/mol. The Labute approximate surface area is 175 Å². The smallest absolute Gasteiger partial charge is 0.225 e. The van der Waals surface area contributed by atoms with Crippen molar-refractivity contribution in [2.45, 2.75) is 69.4 Å². The Morgan fingerprint density at radius 1 is 1.14 bits per heavy atom. The second-order valence-corrected chi connectivity index (χ2v) is 9.59. The van der Waals surface area contributed by atoms with E-state index in [-0.39, 0.29) is 6.10 Å². The zero-order valence-corrected chi connectivity index (χ0v) is 18.0. The average Bonchev–Trinajstić information content (AvgIpc) is 3.44. The van der Waals surface area contributed by atoms with E-state index < -0.39 is 0 Å². The van der Waals surface area contributed by atoms with Gasteiger partial charge >= 0.3 is 0 Å². The predicted octanol–water partition coefficient (Wildman–Crippen LogP) is 4.59. The molecule has 0 amide bonds. The molecule has 1 saturated carbocycles. The van der Waals surface area contributed by atoms with Crippen LogP contribution < -0.4 is 4.74 Å². The quantitative estimate of drug-likeness (QED) is 0.590. The molecule has 0 aliphatic heterocycles. The van der Waals surface area contributed by atoms with Crippen LogP contribution in [0.2, 0.25) is 0 Å². The van der Waals surface area contributed by atoms with Crippen molar-refractivity contribution in [2.24, 2.45) is 0 Å². The number of thiophene rings is 1. The van der Waals surface area contributed by atoms with Gasteiger partial charge in [-0.15, -0.1) is 11.3 Å². The summed E-state index contributed by atoms with van der Waals surface area (Å²) in [6.45, 7) is 0. The van der Waals surface area contributed by atoms with E-state index in [1.807, 2.05) is 11.3 Å². The van der Waals surface area contributed by atoms with Gasteiger partial charge in [-0.05, 0) is 70.5 Å². The summed E-state index contributed by atoms with van der Waals surface area (Å²) in [5.41, 5.74) is 1.43. The van der Waals surface area contributed by atoms with Gasteiger partial charge in [-0.3, -0.25) is 0 Å². The molecule has 7 heteroatoms. The normalized spacial score (nSPS) is 24.3. The van der Waals surface area contributed by atoms with Gasteiger partial charge in [0.15, 0.2) is 5.89 Å². The van der Waals surface area contributed by atoms with Crippen molar-refractivity contribution >= 4 is 21.6 Å². The number of ether oxygens (including phenoxy) is 1. The maximum atomic E-state index is 6.49. The summed E-state index contributed by atoms with van der Waals surface area (Å²) in [5.74, 6) is 2.12. The van der Waals surface area contributed by atoms with Gasteiger partial charge in [0.25, 0.3) is 0 Å². The molecule has 0 bridgehead atoms. The summed E-state index contributed by atoms with van der Waals surface area (Å²) in [6, 6.07) is 0.672. The van der Waals surface area contributed by atoms with Crippen LogP contribution >= 0.6 is 11.3 Å². The number of aromatic nitrogens is 3. The van der Waals surface area contributed by atoms with Gasteiger partial charge in [-0.1, -0.05) is 0 Å². The van der Waals surface area contributed by atoms with Crippen LogP contribution in [0.5, 0.6) is 5.88 Å². The highest BCUT2D eigenvalue weighted by Gasteiger charge is 2.31. The molecule has 154 valence electrons. The van der Waals surface area contributed by atoms with E-state index in [2.05, 4.69) is 33.9 Å². The number of hydrogen-bond acceptors (Lipinski definition) is 7. The zero-order valence-electron chi connectivity index (χ0n) is 17.1. The van der Waals surface area contributed by atoms with Crippen molar-refractivity contribution in [3.63, 3.8) is 0 Å². The first-order valence-corrected chi connectivity index (χ1v) is 11.5. The first-order valence-electron chi connectivity index (χ1n) is 10.7. The van der Waals surface area contributed by atoms with Crippen molar-refractivity contribution < 1.29 is 9.15 Å². The molecule has 2 aliphatic rings. The SMILES string of the molecule is CN(C)C1CCC(Oc2ncnc3sc4c(c23)C(CCc2ncco2)CC4)CC1. The van der Waals surface area contributed by atoms with Gasteiger partial charge in [-0.25, -0.2) is 15.0 Å². The molecule has 5 rings (SSSR count). The van der Waals surface area contributed by atoms with E-state index in [1.54, 1.807) is 18.8 Å². The number of hydrogen-bond donors (Lipinski definition) is 0. The maximum absolute atomic E-state index is 6.49. The van der Waals surface area contributed by atoms with Crippen molar-refractivity contribution in [1.82, 2.24) is 19.9 Å². The Balaban J connectivity index is 1.37. The van der Waals surface area contributed by atoms with Crippen LogP contribution in [-0.2, 0) is 12.8 Å². The predicted molar refractivity (Wildman–Crippen MR) is 114 cm³/mol.